The number of sulfonamides is 1. The van der Waals surface area contributed by atoms with Gasteiger partial charge in [0.05, 0.1) is 17.1 Å². The minimum atomic E-state index is -3.77. The molecule has 3 N–H and O–H groups in total. The molecule has 19 heavy (non-hydrogen) atoms. The van der Waals surface area contributed by atoms with Gasteiger partial charge in [-0.3, -0.25) is 0 Å². The minimum absolute atomic E-state index is 0.0762. The van der Waals surface area contributed by atoms with Crippen LogP contribution in [0.25, 0.3) is 0 Å². The zero-order valence-electron chi connectivity index (χ0n) is 10.1. The van der Waals surface area contributed by atoms with Crippen molar-refractivity contribution in [3.8, 4) is 0 Å². The Bertz CT molecular complexity index is 698. The van der Waals surface area contributed by atoms with Gasteiger partial charge >= 0.3 is 0 Å². The predicted molar refractivity (Wildman–Crippen MR) is 71.7 cm³/mol. The van der Waals surface area contributed by atoms with E-state index in [2.05, 4.69) is 9.71 Å². The zero-order chi connectivity index (χ0) is 14.0. The normalized spacial score (nSPS) is 11.7. The van der Waals surface area contributed by atoms with Crippen LogP contribution in [0.2, 0.25) is 0 Å². The van der Waals surface area contributed by atoms with Gasteiger partial charge in [-0.25, -0.2) is 22.5 Å². The highest BCUT2D eigenvalue weighted by Crippen LogP contribution is 2.17. The number of nitrogen functional groups attached to an aromatic ring is 1. The number of rotatable bonds is 4. The molecule has 0 fully saturated rings. The van der Waals surface area contributed by atoms with E-state index in [1.807, 2.05) is 12.3 Å². The van der Waals surface area contributed by atoms with Gasteiger partial charge in [0.25, 0.3) is 0 Å². The molecule has 0 bridgehead atoms. The van der Waals surface area contributed by atoms with Crippen LogP contribution in [0.3, 0.4) is 0 Å². The van der Waals surface area contributed by atoms with Crippen LogP contribution in [0, 0.1) is 12.7 Å². The monoisotopic (exact) mass is 301 g/mol. The number of aromatic nitrogens is 1. The van der Waals surface area contributed by atoms with Crippen molar-refractivity contribution in [3.05, 3.63) is 40.1 Å². The maximum atomic E-state index is 13.2. The summed E-state index contributed by atoms with van der Waals surface area (Å²) < 4.78 is 39.5. The number of nitrogens with one attached hydrogen (secondary N) is 1. The van der Waals surface area contributed by atoms with Crippen molar-refractivity contribution < 1.29 is 12.8 Å². The smallest absolute Gasteiger partial charge is 0.241 e. The third-order valence-electron chi connectivity index (χ3n) is 2.36. The number of halogens is 1. The molecule has 0 unspecified atom stereocenters. The number of nitrogens with zero attached hydrogens (tertiary/aromatic N) is 1. The highest BCUT2D eigenvalue weighted by Gasteiger charge is 2.16. The van der Waals surface area contributed by atoms with E-state index in [4.69, 9.17) is 5.73 Å². The van der Waals surface area contributed by atoms with Crippen molar-refractivity contribution >= 4 is 27.0 Å². The number of hydrogen-bond donors (Lipinski definition) is 2. The van der Waals surface area contributed by atoms with E-state index in [0.29, 0.717) is 5.01 Å². The summed E-state index contributed by atoms with van der Waals surface area (Å²) in [6.45, 7) is 1.90. The standard InChI is InChI=1S/C11H12FN3O2S2/c1-7-6-18-11(15-7)5-14-19(16,17)8-2-3-10(13)9(12)4-8/h2-4,6,14H,5,13H2,1H3. The van der Waals surface area contributed by atoms with Gasteiger partial charge in [0.2, 0.25) is 10.0 Å². The molecule has 2 rings (SSSR count). The highest BCUT2D eigenvalue weighted by molar-refractivity contribution is 7.89. The van der Waals surface area contributed by atoms with Crippen LogP contribution in [-0.2, 0) is 16.6 Å². The number of benzene rings is 1. The van der Waals surface area contributed by atoms with Crippen molar-refractivity contribution in [1.29, 1.82) is 0 Å². The lowest BCUT2D eigenvalue weighted by molar-refractivity contribution is 0.577. The molecule has 8 heteroatoms. The third kappa shape index (κ3) is 3.28. The summed E-state index contributed by atoms with van der Waals surface area (Å²) in [5, 5.41) is 2.48. The second kappa shape index (κ2) is 5.24. The molecule has 0 aliphatic carbocycles. The van der Waals surface area contributed by atoms with Crippen molar-refractivity contribution in [2.45, 2.75) is 18.4 Å². The molecule has 1 heterocycles. The minimum Gasteiger partial charge on any atom is -0.396 e. The molecule has 0 saturated carbocycles. The summed E-state index contributed by atoms with van der Waals surface area (Å²) in [6.07, 6.45) is 0. The Labute approximate surface area is 114 Å². The van der Waals surface area contributed by atoms with Gasteiger partial charge in [0.1, 0.15) is 10.8 Å². The second-order valence-electron chi connectivity index (χ2n) is 3.89. The number of thiazole rings is 1. The van der Waals surface area contributed by atoms with Gasteiger partial charge in [-0.15, -0.1) is 11.3 Å². The molecule has 2 aromatic rings. The Morgan fingerprint density at radius 1 is 1.47 bits per heavy atom. The lowest BCUT2D eigenvalue weighted by Crippen LogP contribution is -2.23. The molecule has 0 aliphatic rings. The van der Waals surface area contributed by atoms with Crippen LogP contribution in [0.4, 0.5) is 10.1 Å². The molecule has 5 nitrogen and oxygen atoms in total. The molecule has 102 valence electrons. The van der Waals surface area contributed by atoms with Gasteiger partial charge in [-0.1, -0.05) is 0 Å². The summed E-state index contributed by atoms with van der Waals surface area (Å²) in [5.74, 6) is -0.757. The van der Waals surface area contributed by atoms with E-state index in [9.17, 15) is 12.8 Å². The van der Waals surface area contributed by atoms with E-state index in [0.717, 1.165) is 11.8 Å². The molecule has 0 saturated heterocycles. The van der Waals surface area contributed by atoms with Crippen LogP contribution in [-0.4, -0.2) is 13.4 Å². The number of nitrogens with two attached hydrogens (primary N) is 1. The predicted octanol–water partition coefficient (Wildman–Crippen LogP) is 1.65. The summed E-state index contributed by atoms with van der Waals surface area (Å²) in [5.41, 5.74) is 6.04. The van der Waals surface area contributed by atoms with Gasteiger partial charge in [-0.2, -0.15) is 0 Å². The van der Waals surface area contributed by atoms with Gasteiger partial charge in [-0.05, 0) is 25.1 Å². The highest BCUT2D eigenvalue weighted by atomic mass is 32.2. The van der Waals surface area contributed by atoms with Gasteiger partial charge in [0, 0.05) is 11.1 Å². The topological polar surface area (TPSA) is 85.1 Å². The molecule has 1 aromatic heterocycles. The largest absolute Gasteiger partial charge is 0.396 e. The van der Waals surface area contributed by atoms with Gasteiger partial charge < -0.3 is 5.73 Å². The molecule has 0 spiro atoms. The first-order valence-corrected chi connectivity index (χ1v) is 7.70. The lowest BCUT2D eigenvalue weighted by Gasteiger charge is -2.06. The average Bonchev–Trinajstić information content (AvgIpc) is 2.76. The van der Waals surface area contributed by atoms with Crippen molar-refractivity contribution in [3.63, 3.8) is 0 Å². The van der Waals surface area contributed by atoms with Crippen molar-refractivity contribution in [2.75, 3.05) is 5.73 Å². The fraction of sp³-hybridized carbons (Fsp3) is 0.182. The quantitative estimate of drug-likeness (QED) is 0.841. The lowest BCUT2D eigenvalue weighted by atomic mass is 10.3. The van der Waals surface area contributed by atoms with E-state index in [-0.39, 0.29) is 17.1 Å². The Balaban J connectivity index is 2.16. The van der Waals surface area contributed by atoms with E-state index in [1.165, 1.54) is 23.5 Å². The summed E-state index contributed by atoms with van der Waals surface area (Å²) in [7, 11) is -3.77. The Morgan fingerprint density at radius 2 is 2.21 bits per heavy atom. The molecule has 0 amide bonds. The number of anilines is 1. The Kier molecular flexibility index (Phi) is 3.83. The first kappa shape index (κ1) is 13.9. The molecule has 1 aromatic carbocycles. The second-order valence-corrected chi connectivity index (χ2v) is 6.60. The zero-order valence-corrected chi connectivity index (χ0v) is 11.7. The number of hydrogen-bond acceptors (Lipinski definition) is 5. The molecular formula is C11H12FN3O2S2. The van der Waals surface area contributed by atoms with Crippen molar-refractivity contribution in [1.82, 2.24) is 9.71 Å². The third-order valence-corrected chi connectivity index (χ3v) is 4.73. The first-order chi connectivity index (χ1) is 8.88. The molecular weight excluding hydrogens is 289 g/mol. The van der Waals surface area contributed by atoms with Crippen molar-refractivity contribution in [2.24, 2.45) is 0 Å². The maximum Gasteiger partial charge on any atom is 0.241 e. The van der Waals surface area contributed by atoms with Gasteiger partial charge in [0.15, 0.2) is 0 Å². The molecule has 0 radical (unpaired) electrons. The van der Waals surface area contributed by atoms with Crippen LogP contribution in [0.15, 0.2) is 28.5 Å². The summed E-state index contributed by atoms with van der Waals surface area (Å²) in [6, 6.07) is 3.37. The van der Waals surface area contributed by atoms with Crippen LogP contribution in [0.1, 0.15) is 10.7 Å². The average molecular weight is 301 g/mol. The van der Waals surface area contributed by atoms with E-state index >= 15 is 0 Å². The fourth-order valence-corrected chi connectivity index (χ4v) is 3.20. The first-order valence-electron chi connectivity index (χ1n) is 5.34. The SMILES string of the molecule is Cc1csc(CNS(=O)(=O)c2ccc(N)c(F)c2)n1. The fourth-order valence-electron chi connectivity index (χ4n) is 1.40. The summed E-state index contributed by atoms with van der Waals surface area (Å²) >= 11 is 1.36. The number of aryl methyl sites for hydroxylation is 1. The van der Waals surface area contributed by atoms with E-state index in [1.54, 1.807) is 0 Å². The Morgan fingerprint density at radius 3 is 2.79 bits per heavy atom. The van der Waals surface area contributed by atoms with Crippen LogP contribution >= 0.6 is 11.3 Å². The van der Waals surface area contributed by atoms with Crippen LogP contribution in [0.5, 0.6) is 0 Å². The van der Waals surface area contributed by atoms with Crippen LogP contribution < -0.4 is 10.5 Å². The molecule has 0 aliphatic heterocycles. The molecule has 0 atom stereocenters. The Hall–Kier alpha value is -1.51. The summed E-state index contributed by atoms with van der Waals surface area (Å²) in [4.78, 5) is 3.98. The van der Waals surface area contributed by atoms with E-state index < -0.39 is 15.8 Å². The maximum absolute atomic E-state index is 13.2.